The standard InChI is InChI=1S/C15H15N3O2S/c1-10-8-9-16-15-13(10)17-14(18(15)2)11-4-6-12(7-5-11)21(3,19)20/h4-9H,1-3H3. The highest BCUT2D eigenvalue weighted by Gasteiger charge is 2.13. The SMILES string of the molecule is Cc1ccnc2c1nc(-c1ccc(S(C)(=O)=O)cc1)n2C. The normalized spacial score (nSPS) is 12.0. The van der Waals surface area contributed by atoms with Gasteiger partial charge in [-0.15, -0.1) is 0 Å². The molecule has 5 nitrogen and oxygen atoms in total. The lowest BCUT2D eigenvalue weighted by Crippen LogP contribution is -1.97. The fraction of sp³-hybridized carbons (Fsp3) is 0.200. The zero-order chi connectivity index (χ0) is 15.2. The van der Waals surface area contributed by atoms with Gasteiger partial charge in [0.1, 0.15) is 11.3 Å². The highest BCUT2D eigenvalue weighted by Crippen LogP contribution is 2.25. The second-order valence-corrected chi connectivity index (χ2v) is 7.11. The molecule has 6 heteroatoms. The highest BCUT2D eigenvalue weighted by atomic mass is 32.2. The van der Waals surface area contributed by atoms with E-state index in [2.05, 4.69) is 9.97 Å². The Morgan fingerprint density at radius 3 is 2.33 bits per heavy atom. The van der Waals surface area contributed by atoms with Gasteiger partial charge >= 0.3 is 0 Å². The van der Waals surface area contributed by atoms with Crippen LogP contribution < -0.4 is 0 Å². The van der Waals surface area contributed by atoms with E-state index >= 15 is 0 Å². The van der Waals surface area contributed by atoms with Gasteiger partial charge in [0.05, 0.1) is 4.90 Å². The van der Waals surface area contributed by atoms with Gasteiger partial charge in [0.15, 0.2) is 15.5 Å². The molecule has 0 aliphatic carbocycles. The fourth-order valence-electron chi connectivity index (χ4n) is 2.31. The Bertz CT molecular complexity index is 925. The van der Waals surface area contributed by atoms with Gasteiger partial charge in [-0.25, -0.2) is 18.4 Å². The molecular weight excluding hydrogens is 286 g/mol. The number of aryl methyl sites for hydroxylation is 2. The van der Waals surface area contributed by atoms with Crippen LogP contribution in [0, 0.1) is 6.92 Å². The largest absolute Gasteiger partial charge is 0.312 e. The molecule has 0 unspecified atom stereocenters. The zero-order valence-corrected chi connectivity index (χ0v) is 12.8. The van der Waals surface area contributed by atoms with Gasteiger partial charge in [-0.1, -0.05) is 0 Å². The van der Waals surface area contributed by atoms with E-state index in [4.69, 9.17) is 0 Å². The number of benzene rings is 1. The Labute approximate surface area is 123 Å². The zero-order valence-electron chi connectivity index (χ0n) is 12.0. The minimum atomic E-state index is -3.18. The molecule has 21 heavy (non-hydrogen) atoms. The summed E-state index contributed by atoms with van der Waals surface area (Å²) in [6, 6.07) is 8.67. The molecule has 0 amide bonds. The quantitative estimate of drug-likeness (QED) is 0.729. The molecule has 0 saturated carbocycles. The molecule has 0 bridgehead atoms. The molecule has 0 N–H and O–H groups in total. The summed E-state index contributed by atoms with van der Waals surface area (Å²) in [5, 5.41) is 0. The average Bonchev–Trinajstić information content (AvgIpc) is 2.77. The van der Waals surface area contributed by atoms with Crippen molar-refractivity contribution in [2.45, 2.75) is 11.8 Å². The summed E-state index contributed by atoms with van der Waals surface area (Å²) in [6.07, 6.45) is 2.96. The van der Waals surface area contributed by atoms with Crippen molar-refractivity contribution in [3.63, 3.8) is 0 Å². The second-order valence-electron chi connectivity index (χ2n) is 5.09. The van der Waals surface area contributed by atoms with E-state index in [1.54, 1.807) is 30.5 Å². The van der Waals surface area contributed by atoms with Crippen LogP contribution in [-0.4, -0.2) is 29.2 Å². The first-order valence-electron chi connectivity index (χ1n) is 6.46. The Morgan fingerprint density at radius 2 is 1.76 bits per heavy atom. The van der Waals surface area contributed by atoms with Gasteiger partial charge in [0, 0.05) is 25.1 Å². The summed E-state index contributed by atoms with van der Waals surface area (Å²) in [4.78, 5) is 9.28. The van der Waals surface area contributed by atoms with Crippen molar-refractivity contribution >= 4 is 21.0 Å². The number of hydrogen-bond acceptors (Lipinski definition) is 4. The highest BCUT2D eigenvalue weighted by molar-refractivity contribution is 7.90. The lowest BCUT2D eigenvalue weighted by molar-refractivity contribution is 0.602. The number of imidazole rings is 1. The topological polar surface area (TPSA) is 64.8 Å². The van der Waals surface area contributed by atoms with Gasteiger partial charge in [0.2, 0.25) is 0 Å². The lowest BCUT2D eigenvalue weighted by atomic mass is 10.2. The number of aromatic nitrogens is 3. The lowest BCUT2D eigenvalue weighted by Gasteiger charge is -2.03. The van der Waals surface area contributed by atoms with E-state index in [0.717, 1.165) is 28.1 Å². The Morgan fingerprint density at radius 1 is 1.10 bits per heavy atom. The third-order valence-electron chi connectivity index (χ3n) is 3.50. The molecule has 2 aromatic heterocycles. The van der Waals surface area contributed by atoms with E-state index in [-0.39, 0.29) is 0 Å². The van der Waals surface area contributed by atoms with Crippen LogP contribution in [0.1, 0.15) is 5.56 Å². The molecule has 108 valence electrons. The summed E-state index contributed by atoms with van der Waals surface area (Å²) in [6.45, 7) is 1.99. The van der Waals surface area contributed by atoms with Gasteiger partial charge in [0.25, 0.3) is 0 Å². The van der Waals surface area contributed by atoms with Crippen LogP contribution in [0.5, 0.6) is 0 Å². The molecule has 0 atom stereocenters. The van der Waals surface area contributed by atoms with Crippen LogP contribution in [0.2, 0.25) is 0 Å². The summed E-state index contributed by atoms with van der Waals surface area (Å²) in [7, 11) is -1.28. The maximum absolute atomic E-state index is 11.5. The predicted octanol–water partition coefficient (Wildman–Crippen LogP) is 2.35. The van der Waals surface area contributed by atoms with E-state index < -0.39 is 9.84 Å². The maximum Gasteiger partial charge on any atom is 0.175 e. The van der Waals surface area contributed by atoms with Crippen LogP contribution in [0.25, 0.3) is 22.6 Å². The monoisotopic (exact) mass is 301 g/mol. The molecule has 0 radical (unpaired) electrons. The number of sulfone groups is 1. The first-order valence-corrected chi connectivity index (χ1v) is 8.35. The van der Waals surface area contributed by atoms with E-state index in [1.807, 2.05) is 24.6 Å². The second kappa shape index (κ2) is 4.66. The number of fused-ring (bicyclic) bond motifs is 1. The summed E-state index contributed by atoms with van der Waals surface area (Å²) in [5.41, 5.74) is 3.61. The number of hydrogen-bond donors (Lipinski definition) is 0. The number of pyridine rings is 1. The van der Waals surface area contributed by atoms with E-state index in [9.17, 15) is 8.42 Å². The summed E-state index contributed by atoms with van der Waals surface area (Å²) in [5.74, 6) is 0.770. The number of rotatable bonds is 2. The van der Waals surface area contributed by atoms with Crippen molar-refractivity contribution < 1.29 is 8.42 Å². The average molecular weight is 301 g/mol. The van der Waals surface area contributed by atoms with Crippen molar-refractivity contribution in [2.24, 2.45) is 7.05 Å². The molecule has 0 fully saturated rings. The summed E-state index contributed by atoms with van der Waals surface area (Å²) >= 11 is 0. The van der Waals surface area contributed by atoms with Gasteiger partial charge < -0.3 is 4.57 Å². The Kier molecular flexibility index (Phi) is 3.06. The van der Waals surface area contributed by atoms with Crippen molar-refractivity contribution in [3.8, 4) is 11.4 Å². The Hall–Kier alpha value is -2.21. The predicted molar refractivity (Wildman–Crippen MR) is 81.8 cm³/mol. The van der Waals surface area contributed by atoms with Gasteiger partial charge in [-0.2, -0.15) is 0 Å². The molecule has 0 aliphatic heterocycles. The van der Waals surface area contributed by atoms with Crippen LogP contribution in [0.4, 0.5) is 0 Å². The molecule has 1 aromatic carbocycles. The van der Waals surface area contributed by atoms with E-state index in [0.29, 0.717) is 4.90 Å². The van der Waals surface area contributed by atoms with Crippen LogP contribution >= 0.6 is 0 Å². The molecule has 2 heterocycles. The third kappa shape index (κ3) is 2.31. The van der Waals surface area contributed by atoms with Crippen LogP contribution in [0.15, 0.2) is 41.4 Å². The molecular formula is C15H15N3O2S. The molecule has 0 saturated heterocycles. The molecule has 0 aliphatic rings. The molecule has 0 spiro atoms. The van der Waals surface area contributed by atoms with Crippen molar-refractivity contribution in [1.29, 1.82) is 0 Å². The smallest absolute Gasteiger partial charge is 0.175 e. The third-order valence-corrected chi connectivity index (χ3v) is 4.63. The maximum atomic E-state index is 11.5. The van der Waals surface area contributed by atoms with Crippen LogP contribution in [0.3, 0.4) is 0 Å². The minimum absolute atomic E-state index is 0.305. The van der Waals surface area contributed by atoms with Crippen LogP contribution in [-0.2, 0) is 16.9 Å². The van der Waals surface area contributed by atoms with Gasteiger partial charge in [-0.05, 0) is 42.8 Å². The van der Waals surface area contributed by atoms with Crippen molar-refractivity contribution in [2.75, 3.05) is 6.26 Å². The van der Waals surface area contributed by atoms with Crippen molar-refractivity contribution in [1.82, 2.24) is 14.5 Å². The first-order chi connectivity index (χ1) is 9.88. The fourth-order valence-corrected chi connectivity index (χ4v) is 2.94. The van der Waals surface area contributed by atoms with Gasteiger partial charge in [-0.3, -0.25) is 0 Å². The Balaban J connectivity index is 2.17. The summed E-state index contributed by atoms with van der Waals surface area (Å²) < 4.78 is 24.9. The minimum Gasteiger partial charge on any atom is -0.312 e. The first kappa shape index (κ1) is 13.8. The molecule has 3 aromatic rings. The van der Waals surface area contributed by atoms with Crippen molar-refractivity contribution in [3.05, 3.63) is 42.1 Å². The van der Waals surface area contributed by atoms with E-state index in [1.165, 1.54) is 6.26 Å². The molecule has 3 rings (SSSR count). The number of nitrogens with zero attached hydrogens (tertiary/aromatic N) is 3.